The third-order valence-corrected chi connectivity index (χ3v) is 3.61. The topological polar surface area (TPSA) is 113 Å². The van der Waals surface area contributed by atoms with Crippen molar-refractivity contribution in [3.8, 4) is 11.8 Å². The average molecular weight is 361 g/mol. The molecule has 1 aliphatic rings. The maximum absolute atomic E-state index is 11.9. The van der Waals surface area contributed by atoms with Crippen molar-refractivity contribution in [2.24, 2.45) is 0 Å². The second kappa shape index (κ2) is 6.62. The van der Waals surface area contributed by atoms with E-state index in [-0.39, 0.29) is 23.7 Å². The summed E-state index contributed by atoms with van der Waals surface area (Å²) >= 11 is 0. The van der Waals surface area contributed by atoms with E-state index in [9.17, 15) is 14.9 Å². The summed E-state index contributed by atoms with van der Waals surface area (Å²) in [6.45, 7) is 6.49. The molecule has 0 bridgehead atoms. The summed E-state index contributed by atoms with van der Waals surface area (Å²) in [5.41, 5.74) is -0.633. The molecule has 1 aliphatic heterocycles. The number of likely N-dealkylation sites (tertiary alicyclic amines) is 1. The number of aromatic nitrogens is 3. The van der Waals surface area contributed by atoms with Gasteiger partial charge in [-0.3, -0.25) is 14.8 Å². The third-order valence-electron chi connectivity index (χ3n) is 3.61. The highest BCUT2D eigenvalue weighted by Crippen LogP contribution is 2.25. The van der Waals surface area contributed by atoms with Crippen molar-refractivity contribution in [2.45, 2.75) is 32.4 Å². The summed E-state index contributed by atoms with van der Waals surface area (Å²) in [6.07, 6.45) is 2.53. The molecule has 1 fully saturated rings. The Morgan fingerprint density at radius 2 is 2.00 bits per heavy atom. The molecule has 138 valence electrons. The lowest BCUT2D eigenvalue weighted by Crippen LogP contribution is -2.52. The van der Waals surface area contributed by atoms with Crippen LogP contribution in [0.4, 0.5) is 10.5 Å². The van der Waals surface area contributed by atoms with Gasteiger partial charge in [-0.05, 0) is 20.8 Å². The number of carbonyl (C=O) groups excluding carboxylic acids is 1. The molecule has 0 aliphatic carbocycles. The standard InChI is InChI=1S/C16H19N5O5/c1-16(2,3)26-15(22)19-9-12(10-19)20-7-6-14(18-20)25-13-5-4-11(8-17-13)21(23)24/h4-8,12H,9-10H2,1-3H3. The van der Waals surface area contributed by atoms with Crippen LogP contribution in [0.1, 0.15) is 26.8 Å². The zero-order valence-corrected chi connectivity index (χ0v) is 14.7. The Kier molecular flexibility index (Phi) is 4.49. The molecule has 3 heterocycles. The predicted molar refractivity (Wildman–Crippen MR) is 90.0 cm³/mol. The van der Waals surface area contributed by atoms with E-state index in [0.717, 1.165) is 6.20 Å². The lowest BCUT2D eigenvalue weighted by atomic mass is 10.1. The molecule has 0 unspecified atom stereocenters. The first-order valence-electron chi connectivity index (χ1n) is 8.03. The van der Waals surface area contributed by atoms with Crippen molar-refractivity contribution < 1.29 is 19.2 Å². The first-order valence-corrected chi connectivity index (χ1v) is 8.03. The van der Waals surface area contributed by atoms with E-state index in [1.165, 1.54) is 12.1 Å². The molecule has 0 spiro atoms. The monoisotopic (exact) mass is 361 g/mol. The van der Waals surface area contributed by atoms with Gasteiger partial charge in [0.05, 0.1) is 11.0 Å². The highest BCUT2D eigenvalue weighted by molar-refractivity contribution is 5.69. The normalized spacial score (nSPS) is 14.7. The number of nitro groups is 1. The molecular formula is C16H19N5O5. The fourth-order valence-electron chi connectivity index (χ4n) is 2.32. The molecule has 2 aromatic rings. The maximum Gasteiger partial charge on any atom is 0.410 e. The minimum atomic E-state index is -0.529. The molecule has 26 heavy (non-hydrogen) atoms. The minimum Gasteiger partial charge on any atom is -0.444 e. The van der Waals surface area contributed by atoms with Gasteiger partial charge in [0.1, 0.15) is 11.8 Å². The fourth-order valence-corrected chi connectivity index (χ4v) is 2.32. The van der Waals surface area contributed by atoms with Crippen LogP contribution in [0.5, 0.6) is 11.8 Å². The van der Waals surface area contributed by atoms with Crippen LogP contribution in [0.2, 0.25) is 0 Å². The number of hydrogen-bond acceptors (Lipinski definition) is 7. The Labute approximate surface area is 149 Å². The number of pyridine rings is 1. The van der Waals surface area contributed by atoms with Crippen LogP contribution >= 0.6 is 0 Å². The molecule has 3 rings (SSSR count). The van der Waals surface area contributed by atoms with Crippen LogP contribution in [0.25, 0.3) is 0 Å². The lowest BCUT2D eigenvalue weighted by molar-refractivity contribution is -0.385. The third kappa shape index (κ3) is 4.08. The van der Waals surface area contributed by atoms with Crippen molar-refractivity contribution in [3.63, 3.8) is 0 Å². The van der Waals surface area contributed by atoms with Gasteiger partial charge in [0, 0.05) is 37.5 Å². The average Bonchev–Trinajstić information content (AvgIpc) is 2.92. The molecular weight excluding hydrogens is 342 g/mol. The number of carbonyl (C=O) groups is 1. The number of nitrogens with zero attached hydrogens (tertiary/aromatic N) is 5. The molecule has 1 amide bonds. The summed E-state index contributed by atoms with van der Waals surface area (Å²) in [5, 5.41) is 14.9. The van der Waals surface area contributed by atoms with Crippen LogP contribution in [-0.4, -0.2) is 49.4 Å². The molecule has 10 nitrogen and oxygen atoms in total. The van der Waals surface area contributed by atoms with Crippen LogP contribution in [0, 0.1) is 10.1 Å². The van der Waals surface area contributed by atoms with E-state index in [2.05, 4.69) is 10.1 Å². The van der Waals surface area contributed by atoms with E-state index < -0.39 is 10.5 Å². The van der Waals surface area contributed by atoms with Crippen molar-refractivity contribution >= 4 is 11.8 Å². The summed E-state index contributed by atoms with van der Waals surface area (Å²) in [7, 11) is 0. The molecule has 0 atom stereocenters. The van der Waals surface area contributed by atoms with Crippen LogP contribution in [0.3, 0.4) is 0 Å². The molecule has 0 saturated carbocycles. The van der Waals surface area contributed by atoms with E-state index in [1.54, 1.807) is 21.8 Å². The molecule has 0 radical (unpaired) electrons. The number of amides is 1. The van der Waals surface area contributed by atoms with Crippen LogP contribution < -0.4 is 4.74 Å². The van der Waals surface area contributed by atoms with E-state index in [0.29, 0.717) is 19.0 Å². The lowest BCUT2D eigenvalue weighted by Gasteiger charge is -2.39. The molecule has 0 aromatic carbocycles. The van der Waals surface area contributed by atoms with E-state index in [1.807, 2.05) is 20.8 Å². The fraction of sp³-hybridized carbons (Fsp3) is 0.438. The van der Waals surface area contributed by atoms with E-state index in [4.69, 9.17) is 9.47 Å². The highest BCUT2D eigenvalue weighted by Gasteiger charge is 2.35. The zero-order chi connectivity index (χ0) is 18.9. The van der Waals surface area contributed by atoms with Crippen molar-refractivity contribution in [3.05, 3.63) is 40.7 Å². The Balaban J connectivity index is 1.54. The van der Waals surface area contributed by atoms with Gasteiger partial charge in [-0.1, -0.05) is 0 Å². The van der Waals surface area contributed by atoms with Crippen molar-refractivity contribution in [1.82, 2.24) is 19.7 Å². The van der Waals surface area contributed by atoms with Crippen molar-refractivity contribution in [2.75, 3.05) is 13.1 Å². The van der Waals surface area contributed by atoms with Gasteiger partial charge in [0.25, 0.3) is 5.69 Å². The summed E-state index contributed by atoms with van der Waals surface area (Å²) in [5.74, 6) is 0.534. The van der Waals surface area contributed by atoms with Gasteiger partial charge in [-0.15, -0.1) is 5.10 Å². The molecule has 0 N–H and O–H groups in total. The largest absolute Gasteiger partial charge is 0.444 e. The zero-order valence-electron chi connectivity index (χ0n) is 14.7. The molecule has 2 aromatic heterocycles. The number of hydrogen-bond donors (Lipinski definition) is 0. The van der Waals surface area contributed by atoms with Crippen LogP contribution in [0.15, 0.2) is 30.6 Å². The van der Waals surface area contributed by atoms with Gasteiger partial charge in [0.2, 0.25) is 11.8 Å². The van der Waals surface area contributed by atoms with Crippen molar-refractivity contribution in [1.29, 1.82) is 0 Å². The smallest absolute Gasteiger partial charge is 0.410 e. The SMILES string of the molecule is CC(C)(C)OC(=O)N1CC(n2ccc(Oc3ccc([N+](=O)[O-])cn3)n2)C1. The second-order valence-corrected chi connectivity index (χ2v) is 6.89. The quantitative estimate of drug-likeness (QED) is 0.608. The summed E-state index contributed by atoms with van der Waals surface area (Å²) in [6, 6.07) is 4.43. The molecule has 1 saturated heterocycles. The van der Waals surface area contributed by atoms with Gasteiger partial charge < -0.3 is 14.4 Å². The van der Waals surface area contributed by atoms with Gasteiger partial charge in [0.15, 0.2) is 0 Å². The number of ether oxygens (including phenoxy) is 2. The summed E-state index contributed by atoms with van der Waals surface area (Å²) in [4.78, 5) is 27.5. The van der Waals surface area contributed by atoms with Gasteiger partial charge in [-0.25, -0.2) is 9.78 Å². The first kappa shape index (κ1) is 17.6. The Hall–Kier alpha value is -3.17. The Morgan fingerprint density at radius 1 is 1.27 bits per heavy atom. The second-order valence-electron chi connectivity index (χ2n) is 6.89. The Bertz CT molecular complexity index is 805. The van der Waals surface area contributed by atoms with Gasteiger partial charge >= 0.3 is 6.09 Å². The highest BCUT2D eigenvalue weighted by atomic mass is 16.6. The van der Waals surface area contributed by atoms with Crippen LogP contribution in [-0.2, 0) is 4.74 Å². The first-order chi connectivity index (χ1) is 12.2. The minimum absolute atomic E-state index is 0.0460. The predicted octanol–water partition coefficient (Wildman–Crippen LogP) is 2.77. The molecule has 10 heteroatoms. The summed E-state index contributed by atoms with van der Waals surface area (Å²) < 4.78 is 12.5. The van der Waals surface area contributed by atoms with E-state index >= 15 is 0 Å². The maximum atomic E-state index is 11.9. The van der Waals surface area contributed by atoms with Gasteiger partial charge in [-0.2, -0.15) is 0 Å². The number of rotatable bonds is 4. The Morgan fingerprint density at radius 3 is 2.58 bits per heavy atom.